The number of likely N-dealkylation sites (tertiary alicyclic amines) is 1. The van der Waals surface area contributed by atoms with Gasteiger partial charge < -0.3 is 19.7 Å². The number of hydrogen-bond donors (Lipinski definition) is 2. The number of rotatable bonds is 8. The number of methoxy groups -OCH3 is 1. The average molecular weight is 562 g/mol. The molecule has 12 heteroatoms. The van der Waals surface area contributed by atoms with Gasteiger partial charge in [-0.2, -0.15) is 13.2 Å². The van der Waals surface area contributed by atoms with Gasteiger partial charge in [-0.3, -0.25) is 14.2 Å². The maximum Gasteiger partial charge on any atom is 0.416 e. The Morgan fingerprint density at radius 3 is 2.45 bits per heavy atom. The summed E-state index contributed by atoms with van der Waals surface area (Å²) in [5.41, 5.74) is -2.69. The SMILES string of the molecule is COC(=O)c1ccc2c(=O)n(CCCCCC(=O)N3CCC(O)(c4cccc(C(F)(F)F)c4)CC3)c(=O)[nH]c2c1. The summed E-state index contributed by atoms with van der Waals surface area (Å²) >= 11 is 0. The molecular weight excluding hydrogens is 531 g/mol. The Kier molecular flexibility index (Phi) is 8.48. The molecule has 2 N–H and O–H groups in total. The molecule has 40 heavy (non-hydrogen) atoms. The van der Waals surface area contributed by atoms with Crippen LogP contribution in [0.5, 0.6) is 0 Å². The van der Waals surface area contributed by atoms with Crippen molar-refractivity contribution in [2.24, 2.45) is 0 Å². The number of alkyl halides is 3. The number of carbonyl (C=O) groups is 2. The van der Waals surface area contributed by atoms with Crippen LogP contribution in [0.15, 0.2) is 52.1 Å². The van der Waals surface area contributed by atoms with E-state index in [-0.39, 0.29) is 66.8 Å². The van der Waals surface area contributed by atoms with Crippen LogP contribution >= 0.6 is 0 Å². The predicted molar refractivity (Wildman–Crippen MR) is 140 cm³/mol. The van der Waals surface area contributed by atoms with Crippen molar-refractivity contribution in [2.45, 2.75) is 56.8 Å². The molecule has 1 amide bonds. The maximum atomic E-state index is 13.1. The van der Waals surface area contributed by atoms with Crippen molar-refractivity contribution < 1.29 is 32.6 Å². The van der Waals surface area contributed by atoms with Crippen LogP contribution in [0.2, 0.25) is 0 Å². The third kappa shape index (κ3) is 6.27. The number of halogens is 3. The number of aromatic amines is 1. The molecule has 2 aromatic carbocycles. The monoisotopic (exact) mass is 561 g/mol. The quantitative estimate of drug-likeness (QED) is 0.321. The van der Waals surface area contributed by atoms with Crippen molar-refractivity contribution in [1.29, 1.82) is 0 Å². The van der Waals surface area contributed by atoms with E-state index >= 15 is 0 Å². The highest BCUT2D eigenvalue weighted by Gasteiger charge is 2.37. The molecule has 1 fully saturated rings. The van der Waals surface area contributed by atoms with Crippen LogP contribution in [0.25, 0.3) is 10.9 Å². The number of unbranched alkanes of at least 4 members (excludes halogenated alkanes) is 2. The largest absolute Gasteiger partial charge is 0.465 e. The maximum absolute atomic E-state index is 13.1. The number of fused-ring (bicyclic) bond motifs is 1. The van der Waals surface area contributed by atoms with Gasteiger partial charge in [0, 0.05) is 26.1 Å². The summed E-state index contributed by atoms with van der Waals surface area (Å²) in [6, 6.07) is 8.96. The number of esters is 1. The number of amides is 1. The van der Waals surface area contributed by atoms with Crippen molar-refractivity contribution in [2.75, 3.05) is 20.2 Å². The van der Waals surface area contributed by atoms with Gasteiger partial charge >= 0.3 is 17.8 Å². The van der Waals surface area contributed by atoms with E-state index in [1.807, 2.05) is 0 Å². The van der Waals surface area contributed by atoms with E-state index in [1.165, 1.54) is 37.4 Å². The van der Waals surface area contributed by atoms with Crippen LogP contribution in [0.3, 0.4) is 0 Å². The fourth-order valence-corrected chi connectivity index (χ4v) is 4.98. The highest BCUT2D eigenvalue weighted by Crippen LogP contribution is 2.36. The zero-order chi connectivity index (χ0) is 29.1. The van der Waals surface area contributed by atoms with Gasteiger partial charge in [-0.05, 0) is 61.6 Å². The molecule has 4 rings (SSSR count). The van der Waals surface area contributed by atoms with Gasteiger partial charge in [0.2, 0.25) is 5.91 Å². The first kappa shape index (κ1) is 29.1. The Hall–Kier alpha value is -3.93. The normalized spacial score (nSPS) is 15.3. The Balaban J connectivity index is 1.27. The summed E-state index contributed by atoms with van der Waals surface area (Å²) in [4.78, 5) is 53.8. The highest BCUT2D eigenvalue weighted by molar-refractivity contribution is 5.93. The second-order valence-corrected chi connectivity index (χ2v) is 9.94. The number of benzene rings is 2. The average Bonchev–Trinajstić information content (AvgIpc) is 2.93. The number of carbonyl (C=O) groups excluding carboxylic acids is 2. The number of aromatic nitrogens is 2. The minimum atomic E-state index is -4.51. The lowest BCUT2D eigenvalue weighted by Crippen LogP contribution is -2.45. The van der Waals surface area contributed by atoms with Crippen molar-refractivity contribution in [1.82, 2.24) is 14.5 Å². The van der Waals surface area contributed by atoms with Crippen LogP contribution in [-0.2, 0) is 27.9 Å². The van der Waals surface area contributed by atoms with Crippen LogP contribution in [0.1, 0.15) is 60.0 Å². The molecule has 1 aliphatic rings. The van der Waals surface area contributed by atoms with Gasteiger partial charge in [0.05, 0.1) is 34.7 Å². The molecule has 1 aromatic heterocycles. The van der Waals surface area contributed by atoms with Gasteiger partial charge in [-0.15, -0.1) is 0 Å². The summed E-state index contributed by atoms with van der Waals surface area (Å²) in [6.07, 6.45) is -2.41. The minimum absolute atomic E-state index is 0.117. The lowest BCUT2D eigenvalue weighted by molar-refractivity contribution is -0.137. The summed E-state index contributed by atoms with van der Waals surface area (Å²) in [6.45, 7) is 0.612. The van der Waals surface area contributed by atoms with Crippen molar-refractivity contribution in [3.05, 3.63) is 80.0 Å². The molecule has 214 valence electrons. The van der Waals surface area contributed by atoms with E-state index in [0.29, 0.717) is 19.3 Å². The summed E-state index contributed by atoms with van der Waals surface area (Å²) in [7, 11) is 1.23. The summed E-state index contributed by atoms with van der Waals surface area (Å²) in [5.74, 6) is -0.703. The van der Waals surface area contributed by atoms with Crippen LogP contribution < -0.4 is 11.2 Å². The van der Waals surface area contributed by atoms with E-state index in [1.54, 1.807) is 4.90 Å². The number of hydrogen-bond acceptors (Lipinski definition) is 6. The fourth-order valence-electron chi connectivity index (χ4n) is 4.98. The van der Waals surface area contributed by atoms with E-state index in [9.17, 15) is 37.5 Å². The Bertz CT molecular complexity index is 1520. The van der Waals surface area contributed by atoms with Crippen molar-refractivity contribution in [3.8, 4) is 0 Å². The third-order valence-corrected chi connectivity index (χ3v) is 7.35. The van der Waals surface area contributed by atoms with E-state index < -0.39 is 34.6 Å². The summed E-state index contributed by atoms with van der Waals surface area (Å²) in [5, 5.41) is 11.2. The zero-order valence-electron chi connectivity index (χ0n) is 21.9. The second kappa shape index (κ2) is 11.7. The van der Waals surface area contributed by atoms with E-state index in [4.69, 9.17) is 0 Å². The van der Waals surface area contributed by atoms with E-state index in [2.05, 4.69) is 9.72 Å². The molecule has 0 spiro atoms. The van der Waals surface area contributed by atoms with E-state index in [0.717, 1.165) is 16.7 Å². The summed E-state index contributed by atoms with van der Waals surface area (Å²) < 4.78 is 44.9. The van der Waals surface area contributed by atoms with Gasteiger partial charge in [0.15, 0.2) is 0 Å². The second-order valence-electron chi connectivity index (χ2n) is 9.94. The zero-order valence-corrected chi connectivity index (χ0v) is 21.9. The number of nitrogens with one attached hydrogen (secondary N) is 1. The molecule has 0 unspecified atom stereocenters. The van der Waals surface area contributed by atoms with Gasteiger partial charge in [0.25, 0.3) is 5.56 Å². The molecule has 0 bridgehead atoms. The lowest BCUT2D eigenvalue weighted by Gasteiger charge is -2.38. The Morgan fingerprint density at radius 2 is 1.77 bits per heavy atom. The minimum Gasteiger partial charge on any atom is -0.465 e. The molecule has 0 saturated carbocycles. The number of piperidine rings is 1. The van der Waals surface area contributed by atoms with Gasteiger partial charge in [-0.1, -0.05) is 18.6 Å². The molecule has 0 aliphatic carbocycles. The first-order chi connectivity index (χ1) is 18.9. The molecule has 0 radical (unpaired) electrons. The Morgan fingerprint density at radius 1 is 1.05 bits per heavy atom. The fraction of sp³-hybridized carbons (Fsp3) is 0.429. The molecule has 1 aliphatic heterocycles. The number of ether oxygens (including phenoxy) is 1. The highest BCUT2D eigenvalue weighted by atomic mass is 19.4. The van der Waals surface area contributed by atoms with Crippen LogP contribution in [0, 0.1) is 0 Å². The molecular formula is C28H30F3N3O6. The number of H-pyrrole nitrogens is 1. The molecule has 2 heterocycles. The number of nitrogens with zero attached hydrogens (tertiary/aromatic N) is 2. The van der Waals surface area contributed by atoms with Crippen LogP contribution in [0.4, 0.5) is 13.2 Å². The molecule has 0 atom stereocenters. The Labute approximate surface area is 227 Å². The number of aliphatic hydroxyl groups is 1. The lowest BCUT2D eigenvalue weighted by atomic mass is 9.83. The van der Waals surface area contributed by atoms with Gasteiger partial charge in [-0.25, -0.2) is 9.59 Å². The molecule has 1 saturated heterocycles. The standard InChI is InChI=1S/C28H30F3N3O6/c1-40-25(37)18-9-10-21-22(16-18)32-26(38)34(24(21)36)13-4-2-3-8-23(35)33-14-11-27(39,12-15-33)19-6-5-7-20(17-19)28(29,30)31/h5-7,9-10,16-17,39H,2-4,8,11-15H2,1H3,(H,32,38). The smallest absolute Gasteiger partial charge is 0.416 e. The van der Waals surface area contributed by atoms with Gasteiger partial charge in [0.1, 0.15) is 0 Å². The molecule has 3 aromatic rings. The first-order valence-electron chi connectivity index (χ1n) is 13.0. The van der Waals surface area contributed by atoms with Crippen LogP contribution in [-0.4, -0.2) is 51.6 Å². The topological polar surface area (TPSA) is 122 Å². The third-order valence-electron chi connectivity index (χ3n) is 7.35. The van der Waals surface area contributed by atoms with Crippen molar-refractivity contribution >= 4 is 22.8 Å². The predicted octanol–water partition coefficient (Wildman–Crippen LogP) is 3.57. The molecule has 9 nitrogen and oxygen atoms in total. The first-order valence-corrected chi connectivity index (χ1v) is 13.0. The van der Waals surface area contributed by atoms with Crippen molar-refractivity contribution in [3.63, 3.8) is 0 Å².